The molecule has 1 rings (SSSR count). The SMILES string of the molecule is NCCOCc1cnccn1. The Morgan fingerprint density at radius 2 is 2.36 bits per heavy atom. The van der Waals surface area contributed by atoms with Crippen LogP contribution in [0, 0.1) is 0 Å². The van der Waals surface area contributed by atoms with E-state index in [1.54, 1.807) is 18.6 Å². The van der Waals surface area contributed by atoms with Crippen molar-refractivity contribution in [2.45, 2.75) is 6.61 Å². The number of rotatable bonds is 4. The average molecular weight is 153 g/mol. The second-order valence-corrected chi connectivity index (χ2v) is 2.04. The highest BCUT2D eigenvalue weighted by Crippen LogP contribution is 1.91. The minimum atomic E-state index is 0.491. The molecule has 60 valence electrons. The minimum Gasteiger partial charge on any atom is -0.374 e. The lowest BCUT2D eigenvalue weighted by Gasteiger charge is -1.99. The van der Waals surface area contributed by atoms with E-state index >= 15 is 0 Å². The van der Waals surface area contributed by atoms with Crippen LogP contribution in [0.5, 0.6) is 0 Å². The molecule has 4 heteroatoms. The summed E-state index contributed by atoms with van der Waals surface area (Å²) in [6.45, 7) is 1.60. The smallest absolute Gasteiger partial charge is 0.0904 e. The Labute approximate surface area is 65.4 Å². The van der Waals surface area contributed by atoms with Crippen LogP contribution in [0.15, 0.2) is 18.6 Å². The minimum absolute atomic E-state index is 0.491. The van der Waals surface area contributed by atoms with E-state index in [1.807, 2.05) is 0 Å². The fourth-order valence-electron chi connectivity index (χ4n) is 0.665. The Hall–Kier alpha value is -1.00. The number of nitrogens with two attached hydrogens (primary N) is 1. The van der Waals surface area contributed by atoms with Crippen LogP contribution < -0.4 is 5.73 Å². The number of nitrogens with zero attached hydrogens (tertiary/aromatic N) is 2. The third kappa shape index (κ3) is 3.06. The predicted octanol–water partition coefficient (Wildman–Crippen LogP) is -0.0481. The first-order valence-electron chi connectivity index (χ1n) is 3.46. The van der Waals surface area contributed by atoms with Crippen LogP contribution in [0.3, 0.4) is 0 Å². The van der Waals surface area contributed by atoms with Gasteiger partial charge < -0.3 is 10.5 Å². The van der Waals surface area contributed by atoms with E-state index in [4.69, 9.17) is 10.5 Å². The second kappa shape index (κ2) is 4.76. The van der Waals surface area contributed by atoms with Gasteiger partial charge in [-0.2, -0.15) is 0 Å². The van der Waals surface area contributed by atoms with Crippen LogP contribution >= 0.6 is 0 Å². The van der Waals surface area contributed by atoms with Crippen molar-refractivity contribution in [3.8, 4) is 0 Å². The number of hydrogen-bond acceptors (Lipinski definition) is 4. The van der Waals surface area contributed by atoms with Gasteiger partial charge in [0.25, 0.3) is 0 Å². The number of hydrogen-bond donors (Lipinski definition) is 1. The third-order valence-electron chi connectivity index (χ3n) is 1.13. The molecule has 11 heavy (non-hydrogen) atoms. The molecule has 0 aliphatic heterocycles. The molecule has 0 saturated carbocycles. The van der Waals surface area contributed by atoms with E-state index in [0.29, 0.717) is 19.8 Å². The molecule has 0 aromatic carbocycles. The van der Waals surface area contributed by atoms with Crippen molar-refractivity contribution in [2.75, 3.05) is 13.2 Å². The maximum Gasteiger partial charge on any atom is 0.0904 e. The molecule has 0 aliphatic rings. The Kier molecular flexibility index (Phi) is 3.51. The summed E-state index contributed by atoms with van der Waals surface area (Å²) in [6, 6.07) is 0. The summed E-state index contributed by atoms with van der Waals surface area (Å²) in [7, 11) is 0. The van der Waals surface area contributed by atoms with Crippen molar-refractivity contribution < 1.29 is 4.74 Å². The van der Waals surface area contributed by atoms with Crippen molar-refractivity contribution in [1.29, 1.82) is 0 Å². The molecule has 0 fully saturated rings. The van der Waals surface area contributed by atoms with Crippen molar-refractivity contribution in [2.24, 2.45) is 5.73 Å². The summed E-state index contributed by atoms with van der Waals surface area (Å²) in [6.07, 6.45) is 4.95. The molecule has 0 amide bonds. The van der Waals surface area contributed by atoms with Crippen molar-refractivity contribution in [3.63, 3.8) is 0 Å². The first kappa shape index (κ1) is 8.10. The Balaban J connectivity index is 2.28. The largest absolute Gasteiger partial charge is 0.374 e. The highest BCUT2D eigenvalue weighted by atomic mass is 16.5. The first-order valence-corrected chi connectivity index (χ1v) is 3.46. The first-order chi connectivity index (χ1) is 5.43. The zero-order valence-corrected chi connectivity index (χ0v) is 6.23. The van der Waals surface area contributed by atoms with Gasteiger partial charge in [-0.1, -0.05) is 0 Å². The van der Waals surface area contributed by atoms with Crippen molar-refractivity contribution in [1.82, 2.24) is 9.97 Å². The van der Waals surface area contributed by atoms with Gasteiger partial charge in [-0.3, -0.25) is 9.97 Å². The van der Waals surface area contributed by atoms with Gasteiger partial charge in [0.15, 0.2) is 0 Å². The molecular formula is C7H11N3O. The van der Waals surface area contributed by atoms with Crippen molar-refractivity contribution in [3.05, 3.63) is 24.3 Å². The molecule has 1 heterocycles. The molecule has 0 aliphatic carbocycles. The summed E-state index contributed by atoms with van der Waals surface area (Å²) in [5.74, 6) is 0. The average Bonchev–Trinajstić information content (AvgIpc) is 2.07. The lowest BCUT2D eigenvalue weighted by Crippen LogP contribution is -2.08. The fourth-order valence-corrected chi connectivity index (χ4v) is 0.665. The molecule has 0 atom stereocenters. The van der Waals surface area contributed by atoms with Gasteiger partial charge in [0, 0.05) is 18.9 Å². The normalized spacial score (nSPS) is 9.91. The summed E-state index contributed by atoms with van der Waals surface area (Å²) < 4.78 is 5.14. The Morgan fingerprint density at radius 3 is 3.00 bits per heavy atom. The van der Waals surface area contributed by atoms with E-state index in [9.17, 15) is 0 Å². The molecule has 0 saturated heterocycles. The van der Waals surface area contributed by atoms with Crippen LogP contribution in [0.25, 0.3) is 0 Å². The Bertz CT molecular complexity index is 190. The Morgan fingerprint density at radius 1 is 1.45 bits per heavy atom. The highest BCUT2D eigenvalue weighted by molar-refractivity contribution is 4.91. The van der Waals surface area contributed by atoms with E-state index in [-0.39, 0.29) is 0 Å². The van der Waals surface area contributed by atoms with Gasteiger partial charge in [-0.25, -0.2) is 0 Å². The van der Waals surface area contributed by atoms with E-state index in [0.717, 1.165) is 5.69 Å². The van der Waals surface area contributed by atoms with Gasteiger partial charge in [-0.15, -0.1) is 0 Å². The predicted molar refractivity (Wildman–Crippen MR) is 40.7 cm³/mol. The zero-order valence-electron chi connectivity index (χ0n) is 6.23. The molecular weight excluding hydrogens is 142 g/mol. The zero-order chi connectivity index (χ0) is 7.94. The molecule has 2 N–H and O–H groups in total. The van der Waals surface area contributed by atoms with E-state index in [2.05, 4.69) is 9.97 Å². The van der Waals surface area contributed by atoms with E-state index < -0.39 is 0 Å². The van der Waals surface area contributed by atoms with Gasteiger partial charge in [0.05, 0.1) is 25.1 Å². The third-order valence-corrected chi connectivity index (χ3v) is 1.13. The number of ether oxygens (including phenoxy) is 1. The van der Waals surface area contributed by atoms with Crippen LogP contribution in [0.1, 0.15) is 5.69 Å². The highest BCUT2D eigenvalue weighted by Gasteiger charge is 1.91. The summed E-state index contributed by atoms with van der Waals surface area (Å²) in [5.41, 5.74) is 6.07. The summed E-state index contributed by atoms with van der Waals surface area (Å²) in [4.78, 5) is 7.91. The molecule has 0 bridgehead atoms. The van der Waals surface area contributed by atoms with Crippen LogP contribution in [-0.4, -0.2) is 23.1 Å². The molecule has 0 unspecified atom stereocenters. The van der Waals surface area contributed by atoms with Gasteiger partial charge in [-0.05, 0) is 0 Å². The van der Waals surface area contributed by atoms with Gasteiger partial charge >= 0.3 is 0 Å². The second-order valence-electron chi connectivity index (χ2n) is 2.04. The van der Waals surface area contributed by atoms with Crippen molar-refractivity contribution >= 4 is 0 Å². The maximum absolute atomic E-state index is 5.23. The van der Waals surface area contributed by atoms with Crippen LogP contribution in [0.2, 0.25) is 0 Å². The van der Waals surface area contributed by atoms with Crippen LogP contribution in [0.4, 0.5) is 0 Å². The fraction of sp³-hybridized carbons (Fsp3) is 0.429. The van der Waals surface area contributed by atoms with Gasteiger partial charge in [0.2, 0.25) is 0 Å². The van der Waals surface area contributed by atoms with E-state index in [1.165, 1.54) is 0 Å². The summed E-state index contributed by atoms with van der Waals surface area (Å²) in [5, 5.41) is 0. The maximum atomic E-state index is 5.23. The monoisotopic (exact) mass is 153 g/mol. The topological polar surface area (TPSA) is 61.0 Å². The summed E-state index contributed by atoms with van der Waals surface area (Å²) >= 11 is 0. The molecule has 4 nitrogen and oxygen atoms in total. The lowest BCUT2D eigenvalue weighted by molar-refractivity contribution is 0.125. The number of aromatic nitrogens is 2. The molecule has 0 radical (unpaired) electrons. The molecule has 0 spiro atoms. The standard InChI is InChI=1S/C7H11N3O/c8-1-4-11-6-7-5-9-2-3-10-7/h2-3,5H,1,4,6,8H2. The van der Waals surface area contributed by atoms with Crippen LogP contribution in [-0.2, 0) is 11.3 Å². The molecule has 1 aromatic rings. The molecule has 1 aromatic heterocycles. The quantitative estimate of drug-likeness (QED) is 0.616. The lowest BCUT2D eigenvalue weighted by atomic mass is 10.5. The van der Waals surface area contributed by atoms with Gasteiger partial charge in [0.1, 0.15) is 0 Å².